The number of hydrogen-bond donors (Lipinski definition) is 1. The van der Waals surface area contributed by atoms with Crippen LogP contribution >= 0.6 is 0 Å². The Hall–Kier alpha value is -0.830. The zero-order chi connectivity index (χ0) is 7.68. The lowest BCUT2D eigenvalue weighted by atomic mass is 9.85. The Kier molecular flexibility index (Phi) is 1.66. The predicted octanol–water partition coefficient (Wildman–Crippen LogP) is 1.43. The fourth-order valence-electron chi connectivity index (χ4n) is 1.24. The largest absolute Gasteiger partial charge is 0.443 e. The van der Waals surface area contributed by atoms with Crippen LogP contribution in [0.2, 0.25) is 0 Å². The summed E-state index contributed by atoms with van der Waals surface area (Å²) >= 11 is 0. The number of rotatable bonds is 2. The molecule has 0 amide bonds. The molecule has 0 spiro atoms. The van der Waals surface area contributed by atoms with Gasteiger partial charge in [-0.25, -0.2) is 4.98 Å². The van der Waals surface area contributed by atoms with Crippen molar-refractivity contribution in [3.8, 4) is 0 Å². The van der Waals surface area contributed by atoms with Gasteiger partial charge in [0.15, 0.2) is 5.89 Å². The molecule has 2 rings (SSSR count). The molecule has 0 bridgehead atoms. The quantitative estimate of drug-likeness (QED) is 0.699. The van der Waals surface area contributed by atoms with Crippen LogP contribution in [0.15, 0.2) is 10.6 Å². The highest BCUT2D eigenvalue weighted by molar-refractivity contribution is 5.00. The van der Waals surface area contributed by atoms with Gasteiger partial charge >= 0.3 is 0 Å². The summed E-state index contributed by atoms with van der Waals surface area (Å²) in [6.45, 7) is -0.0419. The van der Waals surface area contributed by atoms with Crippen LogP contribution in [0, 0.1) is 0 Å². The molecule has 1 N–H and O–H groups in total. The summed E-state index contributed by atoms with van der Waals surface area (Å²) in [5, 5.41) is 8.69. The molecule has 3 nitrogen and oxygen atoms in total. The molecule has 1 aromatic rings. The van der Waals surface area contributed by atoms with Gasteiger partial charge in [0, 0.05) is 5.92 Å². The van der Waals surface area contributed by atoms with E-state index in [4.69, 9.17) is 9.52 Å². The SMILES string of the molecule is OCc1cnc(C2CCC2)o1. The molecule has 0 aliphatic heterocycles. The second kappa shape index (κ2) is 2.66. The van der Waals surface area contributed by atoms with Crippen LogP contribution in [0.4, 0.5) is 0 Å². The van der Waals surface area contributed by atoms with Crippen molar-refractivity contribution in [2.75, 3.05) is 0 Å². The van der Waals surface area contributed by atoms with E-state index in [1.165, 1.54) is 19.3 Å². The van der Waals surface area contributed by atoms with E-state index in [1.54, 1.807) is 6.20 Å². The zero-order valence-electron chi connectivity index (χ0n) is 6.29. The number of nitrogens with zero attached hydrogens (tertiary/aromatic N) is 1. The van der Waals surface area contributed by atoms with E-state index in [2.05, 4.69) is 4.98 Å². The highest BCUT2D eigenvalue weighted by Gasteiger charge is 2.23. The third kappa shape index (κ3) is 1.16. The second-order valence-corrected chi connectivity index (χ2v) is 2.95. The number of aliphatic hydroxyl groups is 1. The van der Waals surface area contributed by atoms with E-state index in [1.807, 2.05) is 0 Å². The van der Waals surface area contributed by atoms with Gasteiger partial charge in [0.05, 0.1) is 6.20 Å². The summed E-state index contributed by atoms with van der Waals surface area (Å²) in [5.41, 5.74) is 0. The molecular formula is C8H11NO2. The van der Waals surface area contributed by atoms with Gasteiger partial charge in [0.25, 0.3) is 0 Å². The van der Waals surface area contributed by atoms with Crippen molar-refractivity contribution in [2.45, 2.75) is 31.8 Å². The minimum Gasteiger partial charge on any atom is -0.443 e. The lowest BCUT2D eigenvalue weighted by Crippen LogP contribution is -2.08. The monoisotopic (exact) mass is 153 g/mol. The highest BCUT2D eigenvalue weighted by atomic mass is 16.4. The topological polar surface area (TPSA) is 46.3 Å². The summed E-state index contributed by atoms with van der Waals surface area (Å²) in [6, 6.07) is 0. The van der Waals surface area contributed by atoms with Gasteiger partial charge in [-0.3, -0.25) is 0 Å². The van der Waals surface area contributed by atoms with Crippen molar-refractivity contribution in [3.63, 3.8) is 0 Å². The average molecular weight is 153 g/mol. The van der Waals surface area contributed by atoms with Crippen molar-refractivity contribution in [3.05, 3.63) is 17.8 Å². The maximum Gasteiger partial charge on any atom is 0.197 e. The lowest BCUT2D eigenvalue weighted by Gasteiger charge is -2.21. The molecule has 0 atom stereocenters. The van der Waals surface area contributed by atoms with Crippen molar-refractivity contribution in [1.29, 1.82) is 0 Å². The smallest absolute Gasteiger partial charge is 0.197 e. The van der Waals surface area contributed by atoms with E-state index in [9.17, 15) is 0 Å². The molecule has 1 saturated carbocycles. The Morgan fingerprint density at radius 1 is 1.64 bits per heavy atom. The minimum atomic E-state index is -0.0419. The molecule has 0 radical (unpaired) electrons. The van der Waals surface area contributed by atoms with Crippen molar-refractivity contribution < 1.29 is 9.52 Å². The summed E-state index contributed by atoms with van der Waals surface area (Å²) in [4.78, 5) is 4.08. The summed E-state index contributed by atoms with van der Waals surface area (Å²) in [6.07, 6.45) is 5.26. The molecule has 0 saturated heterocycles. The van der Waals surface area contributed by atoms with Crippen LogP contribution in [0.3, 0.4) is 0 Å². The number of hydrogen-bond acceptors (Lipinski definition) is 3. The van der Waals surface area contributed by atoms with E-state index in [0.717, 1.165) is 5.89 Å². The van der Waals surface area contributed by atoms with Gasteiger partial charge in [0.1, 0.15) is 12.4 Å². The average Bonchev–Trinajstić information content (AvgIpc) is 2.32. The molecule has 1 aromatic heterocycles. The van der Waals surface area contributed by atoms with Crippen LogP contribution in [-0.2, 0) is 6.61 Å². The molecule has 0 aromatic carbocycles. The van der Waals surface area contributed by atoms with Crippen molar-refractivity contribution in [1.82, 2.24) is 4.98 Å². The Morgan fingerprint density at radius 3 is 2.91 bits per heavy atom. The second-order valence-electron chi connectivity index (χ2n) is 2.95. The van der Waals surface area contributed by atoms with Crippen molar-refractivity contribution in [2.24, 2.45) is 0 Å². The molecule has 60 valence electrons. The van der Waals surface area contributed by atoms with E-state index >= 15 is 0 Å². The minimum absolute atomic E-state index is 0.0419. The van der Waals surface area contributed by atoms with Crippen LogP contribution < -0.4 is 0 Å². The molecule has 1 heterocycles. The van der Waals surface area contributed by atoms with Crippen LogP contribution in [-0.4, -0.2) is 10.1 Å². The third-order valence-electron chi connectivity index (χ3n) is 2.18. The van der Waals surface area contributed by atoms with Gasteiger partial charge < -0.3 is 9.52 Å². The Morgan fingerprint density at radius 2 is 2.45 bits per heavy atom. The molecule has 11 heavy (non-hydrogen) atoms. The van der Waals surface area contributed by atoms with Gasteiger partial charge in [0.2, 0.25) is 0 Å². The normalized spacial score (nSPS) is 18.3. The fourth-order valence-corrected chi connectivity index (χ4v) is 1.24. The van der Waals surface area contributed by atoms with Crippen molar-refractivity contribution >= 4 is 0 Å². The lowest BCUT2D eigenvalue weighted by molar-refractivity contribution is 0.234. The van der Waals surface area contributed by atoms with Gasteiger partial charge in [-0.05, 0) is 12.8 Å². The van der Waals surface area contributed by atoms with E-state index in [-0.39, 0.29) is 6.61 Å². The molecule has 1 aliphatic carbocycles. The first-order chi connectivity index (χ1) is 5.40. The van der Waals surface area contributed by atoms with Crippen LogP contribution in [0.5, 0.6) is 0 Å². The summed E-state index contributed by atoms with van der Waals surface area (Å²) in [5.74, 6) is 1.91. The Labute approximate surface area is 65.1 Å². The van der Waals surface area contributed by atoms with Crippen LogP contribution in [0.1, 0.15) is 36.8 Å². The third-order valence-corrected chi connectivity index (χ3v) is 2.18. The molecule has 3 heteroatoms. The Bertz CT molecular complexity index is 240. The predicted molar refractivity (Wildman–Crippen MR) is 39.0 cm³/mol. The standard InChI is InChI=1S/C8H11NO2/c10-5-7-4-9-8(11-7)6-2-1-3-6/h4,6,10H,1-3,5H2. The fraction of sp³-hybridized carbons (Fsp3) is 0.625. The molecule has 1 aliphatic rings. The first-order valence-electron chi connectivity index (χ1n) is 3.95. The maximum absolute atomic E-state index is 8.69. The molecular weight excluding hydrogens is 142 g/mol. The molecule has 0 unspecified atom stereocenters. The van der Waals surface area contributed by atoms with Gasteiger partial charge in [-0.15, -0.1) is 0 Å². The Balaban J connectivity index is 2.11. The zero-order valence-corrected chi connectivity index (χ0v) is 6.29. The summed E-state index contributed by atoms with van der Waals surface area (Å²) < 4.78 is 5.28. The first kappa shape index (κ1) is 6.85. The maximum atomic E-state index is 8.69. The first-order valence-corrected chi connectivity index (χ1v) is 3.95. The number of aliphatic hydroxyl groups excluding tert-OH is 1. The van der Waals surface area contributed by atoms with Crippen LogP contribution in [0.25, 0.3) is 0 Å². The van der Waals surface area contributed by atoms with Gasteiger partial charge in [-0.1, -0.05) is 6.42 Å². The molecule has 1 fully saturated rings. The van der Waals surface area contributed by atoms with E-state index < -0.39 is 0 Å². The van der Waals surface area contributed by atoms with Gasteiger partial charge in [-0.2, -0.15) is 0 Å². The number of aromatic nitrogens is 1. The van der Waals surface area contributed by atoms with E-state index in [0.29, 0.717) is 11.7 Å². The highest BCUT2D eigenvalue weighted by Crippen LogP contribution is 2.35. The number of oxazole rings is 1. The summed E-state index contributed by atoms with van der Waals surface area (Å²) in [7, 11) is 0.